The predicted molar refractivity (Wildman–Crippen MR) is 95.6 cm³/mol. The van der Waals surface area contributed by atoms with Gasteiger partial charge in [0.25, 0.3) is 0 Å². The zero-order valence-electron chi connectivity index (χ0n) is 14.7. The second-order valence-electron chi connectivity index (χ2n) is 7.41. The van der Waals surface area contributed by atoms with Crippen LogP contribution < -0.4 is 0 Å². The molecule has 1 atom stereocenters. The van der Waals surface area contributed by atoms with E-state index in [2.05, 4.69) is 39.4 Å². The van der Waals surface area contributed by atoms with Crippen LogP contribution >= 0.6 is 0 Å². The SMILES string of the molecule is CN1CCN([C@H]2CCN(Cc3cc4cc(F)ccc4n3C)C2)CC1. The molecule has 24 heavy (non-hydrogen) atoms. The first-order valence-corrected chi connectivity index (χ1v) is 8.99. The number of likely N-dealkylation sites (tertiary alicyclic amines) is 1. The fraction of sp³-hybridized carbons (Fsp3) is 0.579. The maximum absolute atomic E-state index is 13.4. The van der Waals surface area contributed by atoms with Crippen LogP contribution in [0, 0.1) is 5.82 Å². The van der Waals surface area contributed by atoms with Crippen molar-refractivity contribution >= 4 is 10.9 Å². The summed E-state index contributed by atoms with van der Waals surface area (Å²) < 4.78 is 15.6. The topological polar surface area (TPSA) is 14.7 Å². The number of aromatic nitrogens is 1. The minimum absolute atomic E-state index is 0.157. The first-order valence-electron chi connectivity index (χ1n) is 8.99. The number of benzene rings is 1. The Labute approximate surface area is 143 Å². The van der Waals surface area contributed by atoms with Gasteiger partial charge in [-0.1, -0.05) is 0 Å². The number of hydrogen-bond acceptors (Lipinski definition) is 3. The number of fused-ring (bicyclic) bond motifs is 1. The summed E-state index contributed by atoms with van der Waals surface area (Å²) in [7, 11) is 4.30. The maximum Gasteiger partial charge on any atom is 0.123 e. The molecule has 2 aromatic rings. The second-order valence-corrected chi connectivity index (χ2v) is 7.41. The van der Waals surface area contributed by atoms with Gasteiger partial charge in [-0.3, -0.25) is 9.80 Å². The fourth-order valence-corrected chi connectivity index (χ4v) is 4.20. The molecular weight excluding hydrogens is 303 g/mol. The molecule has 2 aliphatic heterocycles. The molecule has 2 aliphatic rings. The zero-order valence-corrected chi connectivity index (χ0v) is 14.7. The third-order valence-corrected chi connectivity index (χ3v) is 5.79. The van der Waals surface area contributed by atoms with Gasteiger partial charge < -0.3 is 9.47 Å². The Balaban J connectivity index is 1.42. The highest BCUT2D eigenvalue weighted by atomic mass is 19.1. The Morgan fingerprint density at radius 1 is 1.04 bits per heavy atom. The molecule has 1 aromatic carbocycles. The van der Waals surface area contributed by atoms with Crippen LogP contribution in [0.15, 0.2) is 24.3 Å². The van der Waals surface area contributed by atoms with Crippen molar-refractivity contribution in [1.29, 1.82) is 0 Å². The molecule has 0 bridgehead atoms. The van der Waals surface area contributed by atoms with E-state index < -0.39 is 0 Å². The van der Waals surface area contributed by atoms with E-state index in [4.69, 9.17) is 0 Å². The van der Waals surface area contributed by atoms with Crippen LogP contribution in [0.25, 0.3) is 10.9 Å². The average Bonchev–Trinajstić information content (AvgIpc) is 3.14. The van der Waals surface area contributed by atoms with Gasteiger partial charge in [0.15, 0.2) is 0 Å². The molecule has 0 N–H and O–H groups in total. The van der Waals surface area contributed by atoms with E-state index in [-0.39, 0.29) is 5.82 Å². The third-order valence-electron chi connectivity index (χ3n) is 5.79. The van der Waals surface area contributed by atoms with E-state index in [0.717, 1.165) is 30.5 Å². The molecule has 0 amide bonds. The number of rotatable bonds is 3. The van der Waals surface area contributed by atoms with Crippen molar-refractivity contribution < 1.29 is 4.39 Å². The second kappa shape index (κ2) is 6.47. The summed E-state index contributed by atoms with van der Waals surface area (Å²) in [6, 6.07) is 7.90. The Morgan fingerprint density at radius 2 is 1.83 bits per heavy atom. The molecule has 0 unspecified atom stereocenters. The predicted octanol–water partition coefficient (Wildman–Crippen LogP) is 2.14. The molecule has 0 saturated carbocycles. The molecule has 0 radical (unpaired) electrons. The lowest BCUT2D eigenvalue weighted by atomic mass is 10.2. The summed E-state index contributed by atoms with van der Waals surface area (Å²) in [5.74, 6) is -0.157. The first-order chi connectivity index (χ1) is 11.6. The van der Waals surface area contributed by atoms with Crippen LogP contribution in [-0.4, -0.2) is 71.6 Å². The van der Waals surface area contributed by atoms with Gasteiger partial charge in [0.2, 0.25) is 0 Å². The van der Waals surface area contributed by atoms with E-state index in [1.54, 1.807) is 12.1 Å². The van der Waals surface area contributed by atoms with E-state index in [1.807, 2.05) is 6.07 Å². The van der Waals surface area contributed by atoms with E-state index in [9.17, 15) is 4.39 Å². The molecular formula is C19H27FN4. The van der Waals surface area contributed by atoms with Crippen molar-refractivity contribution in [3.05, 3.63) is 35.8 Å². The lowest BCUT2D eigenvalue weighted by molar-refractivity contribution is 0.112. The van der Waals surface area contributed by atoms with Gasteiger partial charge in [0, 0.05) is 75.5 Å². The Hall–Kier alpha value is -1.43. The summed E-state index contributed by atoms with van der Waals surface area (Å²) in [5.41, 5.74) is 2.39. The highest BCUT2D eigenvalue weighted by Gasteiger charge is 2.29. The van der Waals surface area contributed by atoms with Crippen molar-refractivity contribution in [3.63, 3.8) is 0 Å². The van der Waals surface area contributed by atoms with Gasteiger partial charge in [-0.25, -0.2) is 4.39 Å². The minimum Gasteiger partial charge on any atom is -0.346 e. The minimum atomic E-state index is -0.157. The van der Waals surface area contributed by atoms with Crippen molar-refractivity contribution in [1.82, 2.24) is 19.3 Å². The van der Waals surface area contributed by atoms with Crippen LogP contribution in [0.4, 0.5) is 4.39 Å². The lowest BCUT2D eigenvalue weighted by Gasteiger charge is -2.36. The van der Waals surface area contributed by atoms with Gasteiger partial charge in [0.1, 0.15) is 5.82 Å². The normalized spacial score (nSPS) is 24.2. The molecule has 5 heteroatoms. The molecule has 4 nitrogen and oxygen atoms in total. The highest BCUT2D eigenvalue weighted by molar-refractivity contribution is 5.81. The number of nitrogens with zero attached hydrogens (tertiary/aromatic N) is 4. The highest BCUT2D eigenvalue weighted by Crippen LogP contribution is 2.24. The number of halogens is 1. The number of hydrogen-bond donors (Lipinski definition) is 0. The molecule has 2 fully saturated rings. The van der Waals surface area contributed by atoms with Gasteiger partial charge in [-0.05, 0) is 37.7 Å². The molecule has 2 saturated heterocycles. The quantitative estimate of drug-likeness (QED) is 0.857. The first kappa shape index (κ1) is 16.1. The van der Waals surface area contributed by atoms with Crippen LogP contribution in [0.2, 0.25) is 0 Å². The Morgan fingerprint density at radius 3 is 2.62 bits per heavy atom. The molecule has 130 valence electrons. The number of aryl methyl sites for hydroxylation is 1. The summed E-state index contributed by atoms with van der Waals surface area (Å²) in [4.78, 5) is 7.63. The Bertz CT molecular complexity index is 717. The number of piperazine rings is 1. The van der Waals surface area contributed by atoms with Gasteiger partial charge in [-0.2, -0.15) is 0 Å². The van der Waals surface area contributed by atoms with E-state index in [1.165, 1.54) is 38.3 Å². The molecule has 4 rings (SSSR count). The van der Waals surface area contributed by atoms with Gasteiger partial charge in [0.05, 0.1) is 0 Å². The largest absolute Gasteiger partial charge is 0.346 e. The van der Waals surface area contributed by atoms with Crippen LogP contribution in [0.5, 0.6) is 0 Å². The smallest absolute Gasteiger partial charge is 0.123 e. The van der Waals surface area contributed by atoms with Crippen LogP contribution in [-0.2, 0) is 13.6 Å². The summed E-state index contributed by atoms with van der Waals surface area (Å²) >= 11 is 0. The third kappa shape index (κ3) is 3.08. The zero-order chi connectivity index (χ0) is 16.7. The molecule has 0 aliphatic carbocycles. The van der Waals surface area contributed by atoms with Crippen molar-refractivity contribution in [2.45, 2.75) is 19.0 Å². The average molecular weight is 330 g/mol. The summed E-state index contributed by atoms with van der Waals surface area (Å²) in [6.45, 7) is 8.03. The Kier molecular flexibility index (Phi) is 4.33. The number of likely N-dealkylation sites (N-methyl/N-ethyl adjacent to an activating group) is 1. The molecule has 0 spiro atoms. The van der Waals surface area contributed by atoms with Crippen LogP contribution in [0.3, 0.4) is 0 Å². The molecule has 3 heterocycles. The fourth-order valence-electron chi connectivity index (χ4n) is 4.20. The van der Waals surface area contributed by atoms with Crippen LogP contribution in [0.1, 0.15) is 12.1 Å². The lowest BCUT2D eigenvalue weighted by Crippen LogP contribution is -2.49. The molecule has 1 aromatic heterocycles. The summed E-state index contributed by atoms with van der Waals surface area (Å²) in [5, 5.41) is 1.00. The van der Waals surface area contributed by atoms with Crippen molar-refractivity contribution in [3.8, 4) is 0 Å². The van der Waals surface area contributed by atoms with E-state index >= 15 is 0 Å². The van der Waals surface area contributed by atoms with Crippen molar-refractivity contribution in [2.24, 2.45) is 7.05 Å². The van der Waals surface area contributed by atoms with Crippen molar-refractivity contribution in [2.75, 3.05) is 46.3 Å². The monoisotopic (exact) mass is 330 g/mol. The van der Waals surface area contributed by atoms with Gasteiger partial charge in [-0.15, -0.1) is 0 Å². The van der Waals surface area contributed by atoms with Gasteiger partial charge >= 0.3 is 0 Å². The standard InChI is InChI=1S/C19H27FN4/c1-21-7-9-24(10-8-21)17-5-6-23(13-17)14-18-12-15-11-16(20)3-4-19(15)22(18)2/h3-4,11-12,17H,5-10,13-14H2,1-2H3/t17-/m0/s1. The maximum atomic E-state index is 13.4. The van der Waals surface area contributed by atoms with E-state index in [0.29, 0.717) is 6.04 Å². The summed E-state index contributed by atoms with van der Waals surface area (Å²) in [6.07, 6.45) is 1.27.